The molecule has 8 heteroatoms. The number of aromatic nitrogens is 2. The first-order valence-electron chi connectivity index (χ1n) is 7.92. The van der Waals surface area contributed by atoms with E-state index < -0.39 is 5.41 Å². The third-order valence-corrected chi connectivity index (χ3v) is 3.79. The Hall–Kier alpha value is -2.22. The van der Waals surface area contributed by atoms with E-state index >= 15 is 0 Å². The molecule has 1 aromatic heterocycles. The van der Waals surface area contributed by atoms with Crippen molar-refractivity contribution in [2.24, 2.45) is 5.41 Å². The lowest BCUT2D eigenvalue weighted by Gasteiger charge is -2.26. The van der Waals surface area contributed by atoms with Gasteiger partial charge in [-0.25, -0.2) is 4.79 Å². The van der Waals surface area contributed by atoms with Crippen molar-refractivity contribution in [1.29, 1.82) is 0 Å². The molecule has 2 heterocycles. The van der Waals surface area contributed by atoms with Gasteiger partial charge in [0.15, 0.2) is 5.82 Å². The number of ether oxygens (including phenoxy) is 1. The van der Waals surface area contributed by atoms with Crippen LogP contribution in [0.15, 0.2) is 12.3 Å². The van der Waals surface area contributed by atoms with Gasteiger partial charge in [-0.15, -0.1) is 5.10 Å². The molecule has 1 aromatic rings. The number of carbonyl (C=O) groups is 2. The molecule has 1 aliphatic heterocycles. The van der Waals surface area contributed by atoms with Crippen molar-refractivity contribution >= 4 is 17.8 Å². The van der Waals surface area contributed by atoms with Crippen LogP contribution in [0.4, 0.5) is 10.6 Å². The summed E-state index contributed by atoms with van der Waals surface area (Å²) in [6.45, 7) is 8.33. The molecule has 0 radical (unpaired) electrons. The minimum absolute atomic E-state index is 0.0757. The Morgan fingerprint density at radius 3 is 2.79 bits per heavy atom. The maximum atomic E-state index is 12.1. The Morgan fingerprint density at radius 2 is 2.25 bits per heavy atom. The van der Waals surface area contributed by atoms with Crippen molar-refractivity contribution in [2.45, 2.75) is 39.8 Å². The van der Waals surface area contributed by atoms with Gasteiger partial charge in [0.05, 0.1) is 18.8 Å². The van der Waals surface area contributed by atoms with Crippen LogP contribution in [0.1, 0.15) is 39.3 Å². The second-order valence-electron chi connectivity index (χ2n) is 7.05. The summed E-state index contributed by atoms with van der Waals surface area (Å²) >= 11 is 0. The molecule has 0 aliphatic carbocycles. The van der Waals surface area contributed by atoms with E-state index in [4.69, 9.17) is 4.74 Å². The molecular weight excluding hydrogens is 310 g/mol. The summed E-state index contributed by atoms with van der Waals surface area (Å²) in [7, 11) is 1.58. The van der Waals surface area contributed by atoms with Crippen molar-refractivity contribution in [3.63, 3.8) is 0 Å². The van der Waals surface area contributed by atoms with Gasteiger partial charge < -0.3 is 20.3 Å². The molecule has 132 valence electrons. The summed E-state index contributed by atoms with van der Waals surface area (Å²) in [6, 6.07) is 1.38. The van der Waals surface area contributed by atoms with Gasteiger partial charge in [0.1, 0.15) is 0 Å². The smallest absolute Gasteiger partial charge is 0.318 e. The van der Waals surface area contributed by atoms with Crippen LogP contribution >= 0.6 is 0 Å². The fourth-order valence-electron chi connectivity index (χ4n) is 2.44. The minimum atomic E-state index is -0.534. The van der Waals surface area contributed by atoms with Crippen LogP contribution in [0.2, 0.25) is 0 Å². The highest BCUT2D eigenvalue weighted by atomic mass is 16.5. The standard InChI is InChI=1S/C16H25N5O3/c1-10-8-21(15(23)18-10)12(9-24-5)11-6-13(20-17-7-11)19-14(22)16(2,3)4/h6-7,10,12H,8-9H2,1-5H3,(H,18,23)(H,19,20,22)/t10-,12?/m1/s1. The summed E-state index contributed by atoms with van der Waals surface area (Å²) < 4.78 is 5.27. The van der Waals surface area contributed by atoms with E-state index in [0.29, 0.717) is 19.0 Å². The molecule has 2 rings (SSSR count). The minimum Gasteiger partial charge on any atom is -0.382 e. The predicted molar refractivity (Wildman–Crippen MR) is 89.4 cm³/mol. The monoisotopic (exact) mass is 335 g/mol. The first-order valence-corrected chi connectivity index (χ1v) is 7.92. The van der Waals surface area contributed by atoms with Crippen molar-refractivity contribution in [1.82, 2.24) is 20.4 Å². The maximum Gasteiger partial charge on any atom is 0.318 e. The molecule has 2 atom stereocenters. The summed E-state index contributed by atoms with van der Waals surface area (Å²) in [5.74, 6) is 0.214. The van der Waals surface area contributed by atoms with Gasteiger partial charge in [0.2, 0.25) is 5.91 Å². The number of urea groups is 1. The van der Waals surface area contributed by atoms with E-state index in [1.165, 1.54) is 0 Å². The van der Waals surface area contributed by atoms with Crippen LogP contribution in [0.3, 0.4) is 0 Å². The van der Waals surface area contributed by atoms with Gasteiger partial charge in [-0.2, -0.15) is 5.10 Å². The maximum absolute atomic E-state index is 12.1. The fraction of sp³-hybridized carbons (Fsp3) is 0.625. The van der Waals surface area contributed by atoms with Gasteiger partial charge in [0, 0.05) is 30.7 Å². The topological polar surface area (TPSA) is 96.5 Å². The molecule has 1 saturated heterocycles. The van der Waals surface area contributed by atoms with Gasteiger partial charge in [-0.3, -0.25) is 4.79 Å². The van der Waals surface area contributed by atoms with E-state index in [2.05, 4.69) is 20.8 Å². The molecule has 2 N–H and O–H groups in total. The SMILES string of the molecule is COCC(c1cnnc(NC(=O)C(C)(C)C)c1)N1C[C@@H](C)NC1=O. The van der Waals surface area contributed by atoms with E-state index in [-0.39, 0.29) is 24.0 Å². The molecule has 0 spiro atoms. The van der Waals surface area contributed by atoms with E-state index in [9.17, 15) is 9.59 Å². The molecule has 3 amide bonds. The molecule has 8 nitrogen and oxygen atoms in total. The van der Waals surface area contributed by atoms with Crippen LogP contribution in [0, 0.1) is 5.41 Å². The normalized spacial score (nSPS) is 19.1. The van der Waals surface area contributed by atoms with Crippen LogP contribution in [-0.4, -0.2) is 53.3 Å². The third kappa shape index (κ3) is 4.19. The second kappa shape index (κ2) is 7.12. The van der Waals surface area contributed by atoms with E-state index in [0.717, 1.165) is 5.56 Å². The number of anilines is 1. The molecular formula is C16H25N5O3. The molecule has 0 saturated carbocycles. The Bertz CT molecular complexity index is 614. The number of hydrogen-bond donors (Lipinski definition) is 2. The number of methoxy groups -OCH3 is 1. The largest absolute Gasteiger partial charge is 0.382 e. The lowest BCUT2D eigenvalue weighted by Crippen LogP contribution is -2.35. The van der Waals surface area contributed by atoms with Crippen LogP contribution in [0.25, 0.3) is 0 Å². The Kier molecular flexibility index (Phi) is 5.38. The summed E-state index contributed by atoms with van der Waals surface area (Å²) in [6.07, 6.45) is 1.59. The highest BCUT2D eigenvalue weighted by Gasteiger charge is 2.33. The lowest BCUT2D eigenvalue weighted by atomic mass is 9.96. The van der Waals surface area contributed by atoms with Gasteiger partial charge in [0.25, 0.3) is 0 Å². The van der Waals surface area contributed by atoms with Gasteiger partial charge in [-0.05, 0) is 13.0 Å². The van der Waals surface area contributed by atoms with Gasteiger partial charge in [-0.1, -0.05) is 20.8 Å². The quantitative estimate of drug-likeness (QED) is 0.851. The number of amides is 3. The first-order chi connectivity index (χ1) is 11.2. The summed E-state index contributed by atoms with van der Waals surface area (Å²) in [5.41, 5.74) is 0.230. The lowest BCUT2D eigenvalue weighted by molar-refractivity contribution is -0.123. The van der Waals surface area contributed by atoms with Crippen molar-refractivity contribution in [3.05, 3.63) is 17.8 Å². The average Bonchev–Trinajstić information content (AvgIpc) is 2.82. The molecule has 1 aliphatic rings. The molecule has 1 unspecified atom stereocenters. The third-order valence-electron chi connectivity index (χ3n) is 3.79. The van der Waals surface area contributed by atoms with Gasteiger partial charge >= 0.3 is 6.03 Å². The zero-order valence-electron chi connectivity index (χ0n) is 14.8. The fourth-order valence-corrected chi connectivity index (χ4v) is 2.44. The highest BCUT2D eigenvalue weighted by Crippen LogP contribution is 2.25. The van der Waals surface area contributed by atoms with E-state index in [1.807, 2.05) is 27.7 Å². The van der Waals surface area contributed by atoms with Crippen LogP contribution in [-0.2, 0) is 9.53 Å². The summed E-state index contributed by atoms with van der Waals surface area (Å²) in [4.78, 5) is 25.9. The predicted octanol–water partition coefficient (Wildman–Crippen LogP) is 1.56. The van der Waals surface area contributed by atoms with Crippen LogP contribution < -0.4 is 10.6 Å². The molecule has 1 fully saturated rings. The van der Waals surface area contributed by atoms with Crippen LogP contribution in [0.5, 0.6) is 0 Å². The zero-order chi connectivity index (χ0) is 17.9. The van der Waals surface area contributed by atoms with Crippen molar-refractivity contribution < 1.29 is 14.3 Å². The average molecular weight is 335 g/mol. The second-order valence-corrected chi connectivity index (χ2v) is 7.05. The number of nitrogens with one attached hydrogen (secondary N) is 2. The van der Waals surface area contributed by atoms with E-state index in [1.54, 1.807) is 24.3 Å². The Labute approximate surface area is 142 Å². The number of carbonyl (C=O) groups excluding carboxylic acids is 2. The number of rotatable bonds is 5. The van der Waals surface area contributed by atoms with Crippen molar-refractivity contribution in [3.8, 4) is 0 Å². The molecule has 0 aromatic carbocycles. The highest BCUT2D eigenvalue weighted by molar-refractivity contribution is 5.93. The number of nitrogens with zero attached hydrogens (tertiary/aromatic N) is 3. The molecule has 0 bridgehead atoms. The summed E-state index contributed by atoms with van der Waals surface area (Å²) in [5, 5.41) is 13.5. The van der Waals surface area contributed by atoms with Crippen molar-refractivity contribution in [2.75, 3.05) is 25.6 Å². The first kappa shape index (κ1) is 18.1. The Morgan fingerprint density at radius 1 is 1.54 bits per heavy atom. The zero-order valence-corrected chi connectivity index (χ0v) is 14.8. The number of hydrogen-bond acceptors (Lipinski definition) is 5. The Balaban J connectivity index is 2.23. The molecule has 24 heavy (non-hydrogen) atoms.